The van der Waals surface area contributed by atoms with Crippen LogP contribution in [0.1, 0.15) is 58.8 Å². The Kier molecular flexibility index (Phi) is 11.4. The Bertz CT molecular complexity index is 128. The second-order valence-corrected chi connectivity index (χ2v) is 5.58. The monoisotopic (exact) mass is 226 g/mol. The molecule has 0 spiro atoms. The van der Waals surface area contributed by atoms with E-state index in [0.717, 1.165) is 18.2 Å². The molecule has 0 aliphatic rings. The normalized spacial score (nSPS) is 15.1. The fourth-order valence-corrected chi connectivity index (χ4v) is 2.31. The third-order valence-corrected chi connectivity index (χ3v) is 3.61. The van der Waals surface area contributed by atoms with Crippen molar-refractivity contribution in [2.75, 3.05) is 6.16 Å². The topological polar surface area (TPSA) is 0 Å². The lowest BCUT2D eigenvalue weighted by molar-refractivity contribution is 0.411. The second-order valence-electron chi connectivity index (χ2n) is 5.00. The first-order valence-electron chi connectivity index (χ1n) is 6.60. The van der Waals surface area contributed by atoms with Crippen LogP contribution >= 0.6 is 9.24 Å². The fraction of sp³-hybridized carbons (Fsp3) is 1.00. The molecule has 0 rings (SSSR count). The van der Waals surface area contributed by atoms with Gasteiger partial charge >= 0.3 is 0 Å². The Morgan fingerprint density at radius 3 is 1.93 bits per heavy atom. The van der Waals surface area contributed by atoms with Crippen LogP contribution in [-0.2, 0) is 0 Å². The van der Waals surface area contributed by atoms with Crippen LogP contribution in [0.25, 0.3) is 0 Å². The van der Waals surface area contributed by atoms with Crippen molar-refractivity contribution in [2.24, 2.45) is 11.8 Å². The SMILES string of the molecule is [B]CCC(C)CCCC(C)CCCCP. The van der Waals surface area contributed by atoms with Gasteiger partial charge in [0.15, 0.2) is 0 Å². The van der Waals surface area contributed by atoms with Crippen LogP contribution < -0.4 is 0 Å². The molecule has 0 aromatic heterocycles. The molecule has 2 heteroatoms. The predicted molar refractivity (Wildman–Crippen MR) is 75.8 cm³/mol. The maximum atomic E-state index is 5.54. The van der Waals surface area contributed by atoms with Gasteiger partial charge in [-0.3, -0.25) is 0 Å². The number of rotatable bonds is 10. The van der Waals surface area contributed by atoms with Crippen LogP contribution in [-0.4, -0.2) is 14.0 Å². The third-order valence-electron chi connectivity index (χ3n) is 3.20. The van der Waals surface area contributed by atoms with Crippen molar-refractivity contribution in [1.82, 2.24) is 0 Å². The molecule has 3 atom stereocenters. The van der Waals surface area contributed by atoms with Crippen LogP contribution in [0.15, 0.2) is 0 Å². The Hall–Kier alpha value is 0.495. The predicted octanol–water partition coefficient (Wildman–Crippen LogP) is 4.45. The Balaban J connectivity index is 3.26. The summed E-state index contributed by atoms with van der Waals surface area (Å²) in [5, 5.41) is 0. The maximum Gasteiger partial charge on any atom is 0.0653 e. The van der Waals surface area contributed by atoms with E-state index >= 15 is 0 Å². The Morgan fingerprint density at radius 2 is 1.40 bits per heavy atom. The molecule has 0 aliphatic carbocycles. The summed E-state index contributed by atoms with van der Waals surface area (Å²) in [5.74, 6) is 1.75. The summed E-state index contributed by atoms with van der Waals surface area (Å²) in [6, 6.07) is 0. The van der Waals surface area contributed by atoms with Crippen molar-refractivity contribution in [1.29, 1.82) is 0 Å². The molecule has 0 aromatic carbocycles. The number of unbranched alkanes of at least 4 members (excludes halogenated alkanes) is 1. The average Bonchev–Trinajstić information content (AvgIpc) is 2.18. The molecule has 15 heavy (non-hydrogen) atoms. The first kappa shape index (κ1) is 15.5. The molecule has 0 fully saturated rings. The lowest BCUT2D eigenvalue weighted by atomic mass is 9.89. The van der Waals surface area contributed by atoms with Crippen LogP contribution in [0.5, 0.6) is 0 Å². The van der Waals surface area contributed by atoms with Gasteiger partial charge in [-0.05, 0) is 24.4 Å². The molecule has 88 valence electrons. The van der Waals surface area contributed by atoms with Crippen molar-refractivity contribution >= 4 is 17.1 Å². The van der Waals surface area contributed by atoms with E-state index in [1.807, 2.05) is 0 Å². The largest absolute Gasteiger partial charge is 0.138 e. The highest BCUT2D eigenvalue weighted by Gasteiger charge is 2.04. The van der Waals surface area contributed by atoms with E-state index in [2.05, 4.69) is 23.1 Å². The van der Waals surface area contributed by atoms with E-state index < -0.39 is 0 Å². The van der Waals surface area contributed by atoms with Crippen LogP contribution in [0.2, 0.25) is 6.32 Å². The summed E-state index contributed by atoms with van der Waals surface area (Å²) in [4.78, 5) is 0. The molecule has 3 unspecified atom stereocenters. The zero-order valence-corrected chi connectivity index (χ0v) is 11.8. The van der Waals surface area contributed by atoms with Gasteiger partial charge < -0.3 is 0 Å². The molecule has 0 nitrogen and oxygen atoms in total. The van der Waals surface area contributed by atoms with Gasteiger partial charge in [-0.15, -0.1) is 9.24 Å². The van der Waals surface area contributed by atoms with Crippen LogP contribution in [0.3, 0.4) is 0 Å². The quantitative estimate of drug-likeness (QED) is 0.293. The summed E-state index contributed by atoms with van der Waals surface area (Å²) in [6.45, 7) is 4.72. The molecule has 0 heterocycles. The minimum atomic E-state index is 0.828. The Morgan fingerprint density at radius 1 is 0.867 bits per heavy atom. The summed E-state index contributed by atoms with van der Waals surface area (Å²) in [5.41, 5.74) is 0. The van der Waals surface area contributed by atoms with Gasteiger partial charge in [-0.25, -0.2) is 0 Å². The maximum absolute atomic E-state index is 5.54. The van der Waals surface area contributed by atoms with Gasteiger partial charge in [0, 0.05) is 0 Å². The molecule has 0 amide bonds. The molecule has 0 aliphatic heterocycles. The zero-order valence-electron chi connectivity index (χ0n) is 10.7. The van der Waals surface area contributed by atoms with E-state index in [0.29, 0.717) is 0 Å². The average molecular weight is 226 g/mol. The molecule has 0 N–H and O–H groups in total. The molecular weight excluding hydrogens is 198 g/mol. The van der Waals surface area contributed by atoms with E-state index in [1.165, 1.54) is 51.1 Å². The minimum absolute atomic E-state index is 0.828. The second kappa shape index (κ2) is 11.0. The van der Waals surface area contributed by atoms with Crippen molar-refractivity contribution in [3.63, 3.8) is 0 Å². The van der Waals surface area contributed by atoms with Crippen molar-refractivity contribution in [3.8, 4) is 0 Å². The molecule has 0 bridgehead atoms. The first-order valence-corrected chi connectivity index (χ1v) is 7.42. The van der Waals surface area contributed by atoms with E-state index in [9.17, 15) is 0 Å². The van der Waals surface area contributed by atoms with Gasteiger partial charge in [-0.1, -0.05) is 58.7 Å². The highest BCUT2D eigenvalue weighted by Crippen LogP contribution is 2.19. The molecule has 2 radical (unpaired) electrons. The molecule has 0 saturated carbocycles. The fourth-order valence-electron chi connectivity index (χ4n) is 2.03. The van der Waals surface area contributed by atoms with E-state index in [-0.39, 0.29) is 0 Å². The summed E-state index contributed by atoms with van der Waals surface area (Å²) >= 11 is 0. The third kappa shape index (κ3) is 10.8. The Labute approximate surface area is 101 Å². The van der Waals surface area contributed by atoms with Gasteiger partial charge in [-0.2, -0.15) is 0 Å². The number of hydrogen-bond donors (Lipinski definition) is 0. The van der Waals surface area contributed by atoms with Gasteiger partial charge in [0.25, 0.3) is 0 Å². The first-order chi connectivity index (χ1) is 7.20. The highest BCUT2D eigenvalue weighted by molar-refractivity contribution is 7.16. The molecule has 0 saturated heterocycles. The van der Waals surface area contributed by atoms with Gasteiger partial charge in [0.05, 0.1) is 7.85 Å². The van der Waals surface area contributed by atoms with Crippen LogP contribution in [0.4, 0.5) is 0 Å². The van der Waals surface area contributed by atoms with Gasteiger partial charge in [0.2, 0.25) is 0 Å². The number of hydrogen-bond acceptors (Lipinski definition) is 0. The van der Waals surface area contributed by atoms with Crippen LogP contribution in [0, 0.1) is 11.8 Å². The van der Waals surface area contributed by atoms with E-state index in [4.69, 9.17) is 7.85 Å². The summed E-state index contributed by atoms with van der Waals surface area (Å²) < 4.78 is 0. The van der Waals surface area contributed by atoms with Crippen molar-refractivity contribution in [2.45, 2.75) is 65.1 Å². The minimum Gasteiger partial charge on any atom is -0.138 e. The summed E-state index contributed by atoms with van der Waals surface area (Å²) in [6.07, 6.45) is 11.7. The van der Waals surface area contributed by atoms with E-state index in [1.54, 1.807) is 0 Å². The molecular formula is C13H28BP. The highest BCUT2D eigenvalue weighted by atomic mass is 31.0. The standard InChI is InChI=1S/C13H28BP/c1-12(6-3-4-11-15)7-5-8-13(2)9-10-14/h12-13H,3-11,15H2,1-2H3. The van der Waals surface area contributed by atoms with Crippen molar-refractivity contribution in [3.05, 3.63) is 0 Å². The lowest BCUT2D eigenvalue weighted by Gasteiger charge is -2.13. The lowest BCUT2D eigenvalue weighted by Crippen LogP contribution is -1.99. The zero-order chi connectivity index (χ0) is 11.5. The smallest absolute Gasteiger partial charge is 0.0653 e. The van der Waals surface area contributed by atoms with Gasteiger partial charge in [0.1, 0.15) is 0 Å². The summed E-state index contributed by atoms with van der Waals surface area (Å²) in [7, 11) is 8.35. The molecule has 0 aromatic rings. The van der Waals surface area contributed by atoms with Crippen molar-refractivity contribution < 1.29 is 0 Å².